The van der Waals surface area contributed by atoms with Gasteiger partial charge in [0.25, 0.3) is 0 Å². The number of esters is 1. The van der Waals surface area contributed by atoms with Crippen LogP contribution < -0.4 is 5.32 Å². The van der Waals surface area contributed by atoms with Gasteiger partial charge in [0.2, 0.25) is 0 Å². The van der Waals surface area contributed by atoms with Gasteiger partial charge in [-0.3, -0.25) is 0 Å². The van der Waals surface area contributed by atoms with Gasteiger partial charge in [-0.1, -0.05) is 59.6 Å². The van der Waals surface area contributed by atoms with E-state index < -0.39 is 12.0 Å². The molecule has 27 heavy (non-hydrogen) atoms. The fourth-order valence-electron chi connectivity index (χ4n) is 2.84. The molecule has 2 aromatic rings. The Hall–Kier alpha value is -2.50. The maximum absolute atomic E-state index is 12.9. The highest BCUT2D eigenvalue weighted by atomic mass is 35.5. The quantitative estimate of drug-likeness (QED) is 0.750. The van der Waals surface area contributed by atoms with E-state index in [1.807, 2.05) is 30.3 Å². The van der Waals surface area contributed by atoms with Gasteiger partial charge in [0.1, 0.15) is 6.61 Å². The standard InChI is InChI=1S/C20H18Cl2N2O3/c1-12-17(19(25)27-11-13-6-4-3-5-7-13)18(23-20(26)24(12)2)14-8-9-15(21)16(22)10-14/h3-10,18H,11H2,1-2H3,(H,23,26)/t18-/m1/s1. The predicted octanol–water partition coefficient (Wildman–Crippen LogP) is 4.71. The topological polar surface area (TPSA) is 58.6 Å². The van der Waals surface area contributed by atoms with Gasteiger partial charge in [0.15, 0.2) is 0 Å². The molecule has 0 spiro atoms. The van der Waals surface area contributed by atoms with E-state index in [2.05, 4.69) is 5.32 Å². The number of nitrogens with zero attached hydrogens (tertiary/aromatic N) is 1. The maximum Gasteiger partial charge on any atom is 0.338 e. The second-order valence-electron chi connectivity index (χ2n) is 6.18. The number of allylic oxidation sites excluding steroid dienone is 1. The van der Waals surface area contributed by atoms with Crippen molar-refractivity contribution in [1.82, 2.24) is 10.2 Å². The van der Waals surface area contributed by atoms with Gasteiger partial charge < -0.3 is 15.0 Å². The van der Waals surface area contributed by atoms with E-state index in [9.17, 15) is 9.59 Å². The number of amides is 2. The van der Waals surface area contributed by atoms with E-state index in [1.165, 1.54) is 4.90 Å². The van der Waals surface area contributed by atoms with Crippen molar-refractivity contribution in [1.29, 1.82) is 0 Å². The molecule has 5 nitrogen and oxygen atoms in total. The summed E-state index contributed by atoms with van der Waals surface area (Å²) in [4.78, 5) is 26.5. The molecule has 0 fully saturated rings. The summed E-state index contributed by atoms with van der Waals surface area (Å²) in [6, 6.07) is 13.4. The van der Waals surface area contributed by atoms with Crippen LogP contribution in [0.25, 0.3) is 0 Å². The molecule has 140 valence electrons. The Kier molecular flexibility index (Phi) is 5.73. The van der Waals surface area contributed by atoms with Crippen molar-refractivity contribution in [2.24, 2.45) is 0 Å². The smallest absolute Gasteiger partial charge is 0.338 e. The van der Waals surface area contributed by atoms with E-state index in [4.69, 9.17) is 27.9 Å². The molecule has 0 radical (unpaired) electrons. The molecule has 0 aromatic heterocycles. The third-order valence-corrected chi connectivity index (χ3v) is 5.20. The van der Waals surface area contributed by atoms with Crippen LogP contribution in [0.2, 0.25) is 10.0 Å². The summed E-state index contributed by atoms with van der Waals surface area (Å²) in [7, 11) is 1.60. The first kappa shape index (κ1) is 19.3. The van der Waals surface area contributed by atoms with Crippen molar-refractivity contribution in [2.45, 2.75) is 19.6 Å². The molecule has 0 bridgehead atoms. The predicted molar refractivity (Wildman–Crippen MR) is 104 cm³/mol. The minimum atomic E-state index is -0.674. The van der Waals surface area contributed by atoms with Crippen molar-refractivity contribution in [3.8, 4) is 0 Å². The lowest BCUT2D eigenvalue weighted by molar-refractivity contribution is -0.141. The molecule has 1 heterocycles. The fourth-order valence-corrected chi connectivity index (χ4v) is 3.15. The normalized spacial score (nSPS) is 17.0. The molecule has 3 rings (SSSR count). The van der Waals surface area contributed by atoms with Crippen LogP contribution in [0.15, 0.2) is 59.8 Å². The minimum absolute atomic E-state index is 0.141. The van der Waals surface area contributed by atoms with Crippen LogP contribution in [-0.2, 0) is 16.1 Å². The largest absolute Gasteiger partial charge is 0.457 e. The van der Waals surface area contributed by atoms with Crippen LogP contribution in [0, 0.1) is 0 Å². The highest BCUT2D eigenvalue weighted by Gasteiger charge is 2.35. The van der Waals surface area contributed by atoms with Crippen LogP contribution >= 0.6 is 23.2 Å². The van der Waals surface area contributed by atoms with Gasteiger partial charge in [0.05, 0.1) is 21.7 Å². The second kappa shape index (κ2) is 8.03. The SMILES string of the molecule is CC1=C(C(=O)OCc2ccccc2)[C@@H](c2ccc(Cl)c(Cl)c2)NC(=O)N1C. The van der Waals surface area contributed by atoms with Crippen molar-refractivity contribution < 1.29 is 14.3 Å². The Morgan fingerprint density at radius 1 is 1.15 bits per heavy atom. The van der Waals surface area contributed by atoms with E-state index in [0.29, 0.717) is 26.9 Å². The fraction of sp³-hybridized carbons (Fsp3) is 0.200. The molecule has 0 unspecified atom stereocenters. The minimum Gasteiger partial charge on any atom is -0.457 e. The van der Waals surface area contributed by atoms with Gasteiger partial charge in [-0.25, -0.2) is 9.59 Å². The van der Waals surface area contributed by atoms with Crippen molar-refractivity contribution in [3.63, 3.8) is 0 Å². The van der Waals surface area contributed by atoms with Crippen molar-refractivity contribution in [2.75, 3.05) is 7.05 Å². The Balaban J connectivity index is 1.92. The van der Waals surface area contributed by atoms with E-state index in [1.54, 1.807) is 32.2 Å². The van der Waals surface area contributed by atoms with Gasteiger partial charge in [-0.05, 0) is 30.2 Å². The van der Waals surface area contributed by atoms with Gasteiger partial charge in [-0.2, -0.15) is 0 Å². The summed E-state index contributed by atoms with van der Waals surface area (Å²) in [5, 5.41) is 3.56. The molecule has 0 aliphatic carbocycles. The number of hydrogen-bond donors (Lipinski definition) is 1. The van der Waals surface area contributed by atoms with E-state index in [-0.39, 0.29) is 12.6 Å². The van der Waals surface area contributed by atoms with Gasteiger partial charge >= 0.3 is 12.0 Å². The first-order chi connectivity index (χ1) is 12.9. The van der Waals surface area contributed by atoms with Crippen molar-refractivity contribution >= 4 is 35.2 Å². The summed E-state index contributed by atoms with van der Waals surface area (Å²) in [6.45, 7) is 1.85. The molecule has 1 atom stereocenters. The number of carbonyl (C=O) groups excluding carboxylic acids is 2. The number of rotatable bonds is 4. The van der Waals surface area contributed by atoms with Crippen LogP contribution in [0.4, 0.5) is 4.79 Å². The lowest BCUT2D eigenvalue weighted by Gasteiger charge is -2.33. The molecule has 1 aliphatic rings. The summed E-state index contributed by atoms with van der Waals surface area (Å²) in [5.41, 5.74) is 2.40. The van der Waals surface area contributed by atoms with Gasteiger partial charge in [0, 0.05) is 12.7 Å². The number of ether oxygens (including phenoxy) is 1. The number of carbonyl (C=O) groups is 2. The van der Waals surface area contributed by atoms with Crippen LogP contribution in [-0.4, -0.2) is 23.9 Å². The third-order valence-electron chi connectivity index (χ3n) is 4.46. The first-order valence-electron chi connectivity index (χ1n) is 8.29. The van der Waals surface area contributed by atoms with Crippen LogP contribution in [0.3, 0.4) is 0 Å². The zero-order valence-corrected chi connectivity index (χ0v) is 16.3. The van der Waals surface area contributed by atoms with Crippen molar-refractivity contribution in [3.05, 3.63) is 81.0 Å². The Bertz CT molecular complexity index is 913. The second-order valence-corrected chi connectivity index (χ2v) is 6.99. The number of urea groups is 1. The lowest BCUT2D eigenvalue weighted by atomic mass is 9.95. The monoisotopic (exact) mass is 404 g/mol. The van der Waals surface area contributed by atoms with Gasteiger partial charge in [-0.15, -0.1) is 0 Å². The highest BCUT2D eigenvalue weighted by molar-refractivity contribution is 6.42. The average molecular weight is 405 g/mol. The summed E-state index contributed by atoms with van der Waals surface area (Å²) in [5.74, 6) is -0.501. The molecule has 7 heteroatoms. The summed E-state index contributed by atoms with van der Waals surface area (Å²) in [6.07, 6.45) is 0. The number of hydrogen-bond acceptors (Lipinski definition) is 3. The molecular formula is C20H18Cl2N2O3. The van der Waals surface area contributed by atoms with Crippen LogP contribution in [0.5, 0.6) is 0 Å². The number of halogens is 2. The Morgan fingerprint density at radius 2 is 1.85 bits per heavy atom. The molecule has 1 N–H and O–H groups in total. The molecule has 0 saturated heterocycles. The van der Waals surface area contributed by atoms with E-state index >= 15 is 0 Å². The molecule has 1 aliphatic heterocycles. The molecule has 0 saturated carbocycles. The lowest BCUT2D eigenvalue weighted by Crippen LogP contribution is -2.46. The molecular weight excluding hydrogens is 387 g/mol. The average Bonchev–Trinajstić information content (AvgIpc) is 2.67. The third kappa shape index (κ3) is 4.10. The van der Waals surface area contributed by atoms with E-state index in [0.717, 1.165) is 5.56 Å². The number of nitrogens with one attached hydrogen (secondary N) is 1. The van der Waals surface area contributed by atoms with Crippen LogP contribution in [0.1, 0.15) is 24.1 Å². The zero-order chi connectivity index (χ0) is 19.6. The molecule has 2 amide bonds. The Labute approximate surface area is 167 Å². The summed E-state index contributed by atoms with van der Waals surface area (Å²) < 4.78 is 5.49. The zero-order valence-electron chi connectivity index (χ0n) is 14.8. The Morgan fingerprint density at radius 3 is 2.52 bits per heavy atom. The maximum atomic E-state index is 12.9. The highest BCUT2D eigenvalue weighted by Crippen LogP contribution is 2.33. The number of benzene rings is 2. The summed E-state index contributed by atoms with van der Waals surface area (Å²) >= 11 is 12.1. The first-order valence-corrected chi connectivity index (χ1v) is 9.05. The molecule has 2 aromatic carbocycles.